The highest BCUT2D eigenvalue weighted by Gasteiger charge is 2.04. The van der Waals surface area contributed by atoms with Crippen LogP contribution in [-0.4, -0.2) is 38.7 Å². The van der Waals surface area contributed by atoms with E-state index >= 15 is 0 Å². The van der Waals surface area contributed by atoms with Crippen LogP contribution in [0.25, 0.3) is 0 Å². The fourth-order valence-electron chi connectivity index (χ4n) is 0.927. The number of nitrogens with one attached hydrogen (secondary N) is 1. The number of rotatable bonds is 6. The Bertz CT molecular complexity index is 86.2. The molecule has 0 aliphatic heterocycles. The number of hydroxylamine groups is 1. The van der Waals surface area contributed by atoms with Crippen LogP contribution in [0.5, 0.6) is 0 Å². The molecule has 0 saturated heterocycles. The second-order valence-electron chi connectivity index (χ2n) is 3.02. The summed E-state index contributed by atoms with van der Waals surface area (Å²) < 4.78 is 0. The fraction of sp³-hybridized carbons (Fsp3) is 1.00. The normalized spacial score (nSPS) is 13.9. The van der Waals surface area contributed by atoms with E-state index in [-0.39, 0.29) is 0 Å². The summed E-state index contributed by atoms with van der Waals surface area (Å²) in [6.45, 7) is 3.27. The van der Waals surface area contributed by atoms with Crippen molar-refractivity contribution in [2.75, 3.05) is 27.7 Å². The van der Waals surface area contributed by atoms with Crippen LogP contribution in [0.15, 0.2) is 0 Å². The van der Waals surface area contributed by atoms with E-state index in [9.17, 15) is 0 Å². The zero-order chi connectivity index (χ0) is 8.69. The molecule has 0 aliphatic carbocycles. The van der Waals surface area contributed by atoms with Gasteiger partial charge < -0.3 is 9.74 Å². The molecule has 0 aromatic carbocycles. The SMILES string of the molecule is CCC(CCN(C)C)NOC. The number of nitrogens with zero attached hydrogens (tertiary/aromatic N) is 1. The van der Waals surface area contributed by atoms with Gasteiger partial charge in [0.1, 0.15) is 0 Å². The van der Waals surface area contributed by atoms with Crippen molar-refractivity contribution in [2.45, 2.75) is 25.8 Å². The van der Waals surface area contributed by atoms with Crippen LogP contribution < -0.4 is 5.48 Å². The highest BCUT2D eigenvalue weighted by molar-refractivity contribution is 4.60. The van der Waals surface area contributed by atoms with Gasteiger partial charge in [0.05, 0.1) is 7.11 Å². The molecule has 1 unspecified atom stereocenters. The van der Waals surface area contributed by atoms with E-state index in [0.717, 1.165) is 19.4 Å². The Morgan fingerprint density at radius 2 is 2.09 bits per heavy atom. The van der Waals surface area contributed by atoms with Gasteiger partial charge in [0, 0.05) is 6.04 Å². The molecule has 3 heteroatoms. The van der Waals surface area contributed by atoms with Crippen LogP contribution in [0.1, 0.15) is 19.8 Å². The summed E-state index contributed by atoms with van der Waals surface area (Å²) in [5.74, 6) is 0. The lowest BCUT2D eigenvalue weighted by molar-refractivity contribution is 0.0547. The zero-order valence-corrected chi connectivity index (χ0v) is 8.05. The van der Waals surface area contributed by atoms with Crippen molar-refractivity contribution in [1.29, 1.82) is 0 Å². The Morgan fingerprint density at radius 1 is 1.45 bits per heavy atom. The van der Waals surface area contributed by atoms with Gasteiger partial charge >= 0.3 is 0 Å². The van der Waals surface area contributed by atoms with Gasteiger partial charge in [-0.3, -0.25) is 0 Å². The van der Waals surface area contributed by atoms with Gasteiger partial charge in [-0.25, -0.2) is 0 Å². The Balaban J connectivity index is 3.35. The van der Waals surface area contributed by atoms with Crippen LogP contribution in [0, 0.1) is 0 Å². The standard InChI is InChI=1S/C8H20N2O/c1-5-8(9-11-4)6-7-10(2)3/h8-9H,5-7H2,1-4H3. The maximum Gasteiger partial charge on any atom is 0.0572 e. The lowest BCUT2D eigenvalue weighted by Crippen LogP contribution is -2.30. The van der Waals surface area contributed by atoms with Gasteiger partial charge in [0.15, 0.2) is 0 Å². The number of hydrogen-bond acceptors (Lipinski definition) is 3. The van der Waals surface area contributed by atoms with Crippen molar-refractivity contribution < 1.29 is 4.84 Å². The molecule has 3 nitrogen and oxygen atoms in total. The molecule has 68 valence electrons. The molecule has 0 amide bonds. The largest absolute Gasteiger partial charge is 0.309 e. The third kappa shape index (κ3) is 6.28. The molecule has 0 radical (unpaired) electrons. The molecular formula is C8H20N2O. The minimum Gasteiger partial charge on any atom is -0.309 e. The van der Waals surface area contributed by atoms with Crippen molar-refractivity contribution in [3.63, 3.8) is 0 Å². The van der Waals surface area contributed by atoms with Crippen LogP contribution >= 0.6 is 0 Å². The zero-order valence-electron chi connectivity index (χ0n) is 8.05. The summed E-state index contributed by atoms with van der Waals surface area (Å²) in [4.78, 5) is 7.04. The van der Waals surface area contributed by atoms with Gasteiger partial charge in [-0.05, 0) is 33.5 Å². The van der Waals surface area contributed by atoms with E-state index in [2.05, 4.69) is 31.4 Å². The maximum atomic E-state index is 4.86. The summed E-state index contributed by atoms with van der Waals surface area (Å²) in [6, 6.07) is 0.488. The summed E-state index contributed by atoms with van der Waals surface area (Å²) in [6.07, 6.45) is 2.25. The molecule has 0 rings (SSSR count). The van der Waals surface area contributed by atoms with Crippen LogP contribution in [0.2, 0.25) is 0 Å². The molecule has 0 bridgehead atoms. The van der Waals surface area contributed by atoms with E-state index in [4.69, 9.17) is 4.84 Å². The van der Waals surface area contributed by atoms with Crippen molar-refractivity contribution in [3.8, 4) is 0 Å². The Morgan fingerprint density at radius 3 is 2.45 bits per heavy atom. The minimum atomic E-state index is 0.488. The molecule has 0 fully saturated rings. The summed E-state index contributed by atoms with van der Waals surface area (Å²) in [5.41, 5.74) is 2.96. The molecule has 0 saturated carbocycles. The average Bonchev–Trinajstić information content (AvgIpc) is 1.97. The topological polar surface area (TPSA) is 24.5 Å². The van der Waals surface area contributed by atoms with Crippen LogP contribution in [0.4, 0.5) is 0 Å². The van der Waals surface area contributed by atoms with E-state index in [0.29, 0.717) is 6.04 Å². The predicted molar refractivity (Wildman–Crippen MR) is 47.4 cm³/mol. The van der Waals surface area contributed by atoms with E-state index in [1.165, 1.54) is 0 Å². The molecule has 11 heavy (non-hydrogen) atoms. The van der Waals surface area contributed by atoms with Gasteiger partial charge in [-0.15, -0.1) is 0 Å². The molecule has 1 N–H and O–H groups in total. The molecule has 0 aromatic heterocycles. The lowest BCUT2D eigenvalue weighted by atomic mass is 10.1. The second kappa shape index (κ2) is 6.58. The Hall–Kier alpha value is -0.120. The van der Waals surface area contributed by atoms with Gasteiger partial charge in [-0.2, -0.15) is 5.48 Å². The monoisotopic (exact) mass is 160 g/mol. The molecule has 0 aliphatic rings. The Kier molecular flexibility index (Phi) is 6.51. The third-order valence-corrected chi connectivity index (χ3v) is 1.70. The summed E-state index contributed by atoms with van der Waals surface area (Å²) in [7, 11) is 5.83. The first kappa shape index (κ1) is 10.9. The minimum absolute atomic E-state index is 0.488. The summed E-state index contributed by atoms with van der Waals surface area (Å²) >= 11 is 0. The van der Waals surface area contributed by atoms with Gasteiger partial charge in [0.25, 0.3) is 0 Å². The molecular weight excluding hydrogens is 140 g/mol. The molecule has 1 atom stereocenters. The van der Waals surface area contributed by atoms with Crippen molar-refractivity contribution in [1.82, 2.24) is 10.4 Å². The Labute approximate surface area is 69.7 Å². The summed E-state index contributed by atoms with van der Waals surface area (Å²) in [5, 5.41) is 0. The molecule has 0 spiro atoms. The maximum absolute atomic E-state index is 4.86. The van der Waals surface area contributed by atoms with Crippen molar-refractivity contribution >= 4 is 0 Å². The van der Waals surface area contributed by atoms with Crippen LogP contribution in [0.3, 0.4) is 0 Å². The smallest absolute Gasteiger partial charge is 0.0572 e. The van der Waals surface area contributed by atoms with Crippen LogP contribution in [-0.2, 0) is 4.84 Å². The van der Waals surface area contributed by atoms with Crippen molar-refractivity contribution in [2.24, 2.45) is 0 Å². The quantitative estimate of drug-likeness (QED) is 0.583. The first-order valence-electron chi connectivity index (χ1n) is 4.14. The lowest BCUT2D eigenvalue weighted by Gasteiger charge is -2.17. The molecule has 0 aromatic rings. The second-order valence-corrected chi connectivity index (χ2v) is 3.02. The van der Waals surface area contributed by atoms with E-state index in [1.54, 1.807) is 7.11 Å². The average molecular weight is 160 g/mol. The highest BCUT2D eigenvalue weighted by atomic mass is 16.6. The predicted octanol–water partition coefficient (Wildman–Crippen LogP) is 0.868. The fourth-order valence-corrected chi connectivity index (χ4v) is 0.927. The first-order chi connectivity index (χ1) is 5.20. The number of hydrogen-bond donors (Lipinski definition) is 1. The molecule has 0 heterocycles. The first-order valence-corrected chi connectivity index (χ1v) is 4.14. The van der Waals surface area contributed by atoms with Gasteiger partial charge in [-0.1, -0.05) is 6.92 Å². The third-order valence-electron chi connectivity index (χ3n) is 1.70. The van der Waals surface area contributed by atoms with E-state index < -0.39 is 0 Å². The van der Waals surface area contributed by atoms with Crippen molar-refractivity contribution in [3.05, 3.63) is 0 Å². The highest BCUT2D eigenvalue weighted by Crippen LogP contribution is 1.97. The van der Waals surface area contributed by atoms with E-state index in [1.807, 2.05) is 0 Å². The van der Waals surface area contributed by atoms with Gasteiger partial charge in [0.2, 0.25) is 0 Å².